The molecule has 7 nitrogen and oxygen atoms in total. The van der Waals surface area contributed by atoms with E-state index in [0.29, 0.717) is 18.8 Å². The average molecular weight is 373 g/mol. The lowest BCUT2D eigenvalue weighted by Gasteiger charge is -2.18. The molecule has 0 bridgehead atoms. The minimum atomic E-state index is -1.00. The van der Waals surface area contributed by atoms with E-state index in [-0.39, 0.29) is 6.61 Å². The van der Waals surface area contributed by atoms with Crippen molar-refractivity contribution in [1.82, 2.24) is 15.2 Å². The molecule has 8 heteroatoms. The van der Waals surface area contributed by atoms with Crippen molar-refractivity contribution in [3.05, 3.63) is 52.7 Å². The van der Waals surface area contributed by atoms with Crippen LogP contribution in [0.25, 0.3) is 10.4 Å². The number of carboxylic acids is 1. The molecule has 136 valence electrons. The van der Waals surface area contributed by atoms with Crippen LogP contribution in [0.1, 0.15) is 17.0 Å². The molecule has 2 aromatic heterocycles. The SMILES string of the molecule is Cc1nonc1CN(C)Cc1cc(-c2cccs2)ccc1OCC(=O)O. The number of rotatable bonds is 8. The zero-order chi connectivity index (χ0) is 18.5. The van der Waals surface area contributed by atoms with Gasteiger partial charge >= 0.3 is 5.97 Å². The second kappa shape index (κ2) is 8.11. The fourth-order valence-electron chi connectivity index (χ4n) is 2.57. The highest BCUT2D eigenvalue weighted by molar-refractivity contribution is 7.13. The van der Waals surface area contributed by atoms with Gasteiger partial charge in [-0.15, -0.1) is 11.3 Å². The molecule has 0 radical (unpaired) electrons. The lowest BCUT2D eigenvalue weighted by Crippen LogP contribution is -2.19. The van der Waals surface area contributed by atoms with Crippen molar-refractivity contribution in [2.24, 2.45) is 0 Å². The summed E-state index contributed by atoms with van der Waals surface area (Å²) in [5.41, 5.74) is 3.51. The van der Waals surface area contributed by atoms with E-state index in [9.17, 15) is 4.79 Å². The van der Waals surface area contributed by atoms with Gasteiger partial charge in [0.1, 0.15) is 17.1 Å². The summed E-state index contributed by atoms with van der Waals surface area (Å²) in [5, 5.41) is 18.6. The Kier molecular flexibility index (Phi) is 5.65. The predicted octanol–water partition coefficient (Wildman–Crippen LogP) is 3.20. The molecular formula is C18H19N3O4S. The number of aryl methyl sites for hydroxylation is 1. The third kappa shape index (κ3) is 4.47. The molecule has 0 fully saturated rings. The summed E-state index contributed by atoms with van der Waals surface area (Å²) in [6.07, 6.45) is 0. The molecule has 1 aromatic carbocycles. The van der Waals surface area contributed by atoms with Gasteiger partial charge in [0, 0.05) is 23.5 Å². The highest BCUT2D eigenvalue weighted by atomic mass is 32.1. The van der Waals surface area contributed by atoms with Crippen molar-refractivity contribution >= 4 is 17.3 Å². The Labute approximate surface area is 154 Å². The molecule has 1 N–H and O–H groups in total. The Morgan fingerprint density at radius 1 is 1.31 bits per heavy atom. The van der Waals surface area contributed by atoms with E-state index in [1.807, 2.05) is 48.5 Å². The third-order valence-electron chi connectivity index (χ3n) is 3.82. The van der Waals surface area contributed by atoms with E-state index in [1.165, 1.54) is 0 Å². The number of ether oxygens (including phenoxy) is 1. The summed E-state index contributed by atoms with van der Waals surface area (Å²) in [6.45, 7) is 2.61. The topological polar surface area (TPSA) is 88.7 Å². The van der Waals surface area contributed by atoms with Crippen LogP contribution >= 0.6 is 11.3 Å². The molecule has 0 spiro atoms. The van der Waals surface area contributed by atoms with Crippen molar-refractivity contribution in [1.29, 1.82) is 0 Å². The lowest BCUT2D eigenvalue weighted by molar-refractivity contribution is -0.139. The van der Waals surface area contributed by atoms with Crippen LogP contribution < -0.4 is 4.74 Å². The Morgan fingerprint density at radius 3 is 2.81 bits per heavy atom. The summed E-state index contributed by atoms with van der Waals surface area (Å²) < 4.78 is 10.2. The van der Waals surface area contributed by atoms with Gasteiger partial charge in [-0.3, -0.25) is 4.90 Å². The summed E-state index contributed by atoms with van der Waals surface area (Å²) in [5.74, 6) is -0.439. The molecule has 0 atom stereocenters. The quantitative estimate of drug-likeness (QED) is 0.648. The van der Waals surface area contributed by atoms with Gasteiger partial charge in [-0.1, -0.05) is 16.4 Å². The van der Waals surface area contributed by atoms with E-state index in [0.717, 1.165) is 27.4 Å². The van der Waals surface area contributed by atoms with Crippen molar-refractivity contribution < 1.29 is 19.3 Å². The van der Waals surface area contributed by atoms with Gasteiger partial charge in [-0.05, 0) is 49.2 Å². The fourth-order valence-corrected chi connectivity index (χ4v) is 3.30. The number of aliphatic carboxylic acids is 1. The molecule has 0 aliphatic rings. The first-order chi connectivity index (χ1) is 12.5. The minimum absolute atomic E-state index is 0.374. The van der Waals surface area contributed by atoms with E-state index >= 15 is 0 Å². The molecule has 3 rings (SSSR count). The highest BCUT2D eigenvalue weighted by Gasteiger charge is 2.14. The fraction of sp³-hybridized carbons (Fsp3) is 0.278. The number of carbonyl (C=O) groups is 1. The second-order valence-electron chi connectivity index (χ2n) is 5.95. The number of hydrogen-bond donors (Lipinski definition) is 1. The standard InChI is InChI=1S/C18H19N3O4S/c1-12-15(20-25-19-12)10-21(2)9-14-8-13(17-4-3-7-26-17)5-6-16(14)24-11-18(22)23/h3-8H,9-11H2,1-2H3,(H,22,23). The van der Waals surface area contributed by atoms with Crippen LogP contribution in [0.5, 0.6) is 5.75 Å². The molecule has 0 saturated carbocycles. The molecule has 26 heavy (non-hydrogen) atoms. The maximum absolute atomic E-state index is 10.8. The van der Waals surface area contributed by atoms with Crippen molar-refractivity contribution in [3.63, 3.8) is 0 Å². The molecular weight excluding hydrogens is 354 g/mol. The van der Waals surface area contributed by atoms with Gasteiger partial charge in [-0.2, -0.15) is 0 Å². The minimum Gasteiger partial charge on any atom is -0.482 e. The Bertz CT molecular complexity index is 876. The van der Waals surface area contributed by atoms with E-state index in [2.05, 4.69) is 16.4 Å². The van der Waals surface area contributed by atoms with E-state index in [4.69, 9.17) is 14.5 Å². The Morgan fingerprint density at radius 2 is 2.15 bits per heavy atom. The number of thiophene rings is 1. The van der Waals surface area contributed by atoms with Crippen LogP contribution in [0.4, 0.5) is 0 Å². The maximum atomic E-state index is 10.8. The number of carboxylic acid groups (broad SMARTS) is 1. The van der Waals surface area contributed by atoms with Crippen LogP contribution in [-0.4, -0.2) is 39.9 Å². The molecule has 0 saturated heterocycles. The predicted molar refractivity (Wildman–Crippen MR) is 97.1 cm³/mol. The summed E-state index contributed by atoms with van der Waals surface area (Å²) >= 11 is 1.65. The number of aromatic nitrogens is 2. The monoisotopic (exact) mass is 373 g/mol. The Balaban J connectivity index is 1.82. The highest BCUT2D eigenvalue weighted by Crippen LogP contribution is 2.30. The van der Waals surface area contributed by atoms with Crippen molar-refractivity contribution in [3.8, 4) is 16.2 Å². The van der Waals surface area contributed by atoms with Gasteiger partial charge in [0.2, 0.25) is 0 Å². The van der Waals surface area contributed by atoms with Crippen LogP contribution in [0.2, 0.25) is 0 Å². The summed E-state index contributed by atoms with van der Waals surface area (Å²) in [7, 11) is 1.95. The maximum Gasteiger partial charge on any atom is 0.341 e. The van der Waals surface area contributed by atoms with E-state index in [1.54, 1.807) is 11.3 Å². The Hall–Kier alpha value is -2.71. The molecule has 3 aromatic rings. The zero-order valence-electron chi connectivity index (χ0n) is 14.5. The first-order valence-electron chi connectivity index (χ1n) is 8.01. The summed E-state index contributed by atoms with van der Waals surface area (Å²) in [4.78, 5) is 14.0. The van der Waals surface area contributed by atoms with Gasteiger partial charge in [-0.25, -0.2) is 9.42 Å². The van der Waals surface area contributed by atoms with Gasteiger partial charge in [0.05, 0.1) is 0 Å². The first kappa shape index (κ1) is 18.1. The van der Waals surface area contributed by atoms with Crippen LogP contribution in [-0.2, 0) is 17.9 Å². The van der Waals surface area contributed by atoms with Gasteiger partial charge in [0.15, 0.2) is 6.61 Å². The normalized spacial score (nSPS) is 11.0. The number of nitrogens with zero attached hydrogens (tertiary/aromatic N) is 3. The second-order valence-corrected chi connectivity index (χ2v) is 6.90. The van der Waals surface area contributed by atoms with Gasteiger partial charge in [0.25, 0.3) is 0 Å². The lowest BCUT2D eigenvalue weighted by atomic mass is 10.1. The van der Waals surface area contributed by atoms with Crippen LogP contribution in [0, 0.1) is 6.92 Å². The average Bonchev–Trinajstić information content (AvgIpc) is 3.26. The molecule has 2 heterocycles. The molecule has 0 aliphatic carbocycles. The molecule has 0 amide bonds. The number of benzene rings is 1. The zero-order valence-corrected chi connectivity index (χ0v) is 15.3. The smallest absolute Gasteiger partial charge is 0.341 e. The van der Waals surface area contributed by atoms with Gasteiger partial charge < -0.3 is 9.84 Å². The first-order valence-corrected chi connectivity index (χ1v) is 8.89. The van der Waals surface area contributed by atoms with Crippen molar-refractivity contribution in [2.75, 3.05) is 13.7 Å². The van der Waals surface area contributed by atoms with Crippen LogP contribution in [0.15, 0.2) is 40.3 Å². The van der Waals surface area contributed by atoms with E-state index < -0.39 is 5.97 Å². The molecule has 0 unspecified atom stereocenters. The third-order valence-corrected chi connectivity index (χ3v) is 4.74. The van der Waals surface area contributed by atoms with Crippen LogP contribution in [0.3, 0.4) is 0 Å². The summed E-state index contributed by atoms with van der Waals surface area (Å²) in [6, 6.07) is 9.85. The largest absolute Gasteiger partial charge is 0.482 e. The number of hydrogen-bond acceptors (Lipinski definition) is 7. The van der Waals surface area contributed by atoms with Crippen molar-refractivity contribution in [2.45, 2.75) is 20.0 Å². The molecule has 0 aliphatic heterocycles.